The normalized spacial score (nSPS) is 51.5. The van der Waals surface area contributed by atoms with Crippen molar-refractivity contribution in [3.8, 4) is 0 Å². The van der Waals surface area contributed by atoms with Crippen LogP contribution in [0.1, 0.15) is 52.4 Å². The summed E-state index contributed by atoms with van der Waals surface area (Å²) in [5.41, 5.74) is 4.02. The standard InChI is InChI=1S/C22H34N2O6/c1-11-13-8-15(12(2)28-3)30-18-14(29-17(26)5-4-16(23)25)6-7-22(27)19-20(11,10-24-19)9-21(13,18)22/h11-15,18-19,24,27H,4-10H2,1-3H3,(H2,23,25)/t11?,12?,13?,14?,15?,18?,19-,20?,21?,22-/m1/s1. The monoisotopic (exact) mass is 422 g/mol. The number of hydrogen-bond donors (Lipinski definition) is 3. The molecule has 8 nitrogen and oxygen atoms in total. The van der Waals surface area contributed by atoms with Gasteiger partial charge < -0.3 is 30.4 Å². The van der Waals surface area contributed by atoms with Gasteiger partial charge >= 0.3 is 5.97 Å². The molecule has 3 saturated carbocycles. The molecule has 5 rings (SSSR count). The molecule has 3 aliphatic carbocycles. The van der Waals surface area contributed by atoms with Crippen LogP contribution in [0.25, 0.3) is 0 Å². The second-order valence-corrected chi connectivity index (χ2v) is 10.4. The van der Waals surface area contributed by atoms with Crippen LogP contribution in [-0.2, 0) is 23.8 Å². The fraction of sp³-hybridized carbons (Fsp3) is 0.909. The van der Waals surface area contributed by atoms with Crippen LogP contribution in [0.4, 0.5) is 0 Å². The fourth-order valence-corrected chi connectivity index (χ4v) is 8.05. The zero-order chi connectivity index (χ0) is 21.5. The number of methoxy groups -OCH3 is 1. The van der Waals surface area contributed by atoms with Gasteiger partial charge in [-0.3, -0.25) is 9.59 Å². The molecule has 168 valence electrons. The quantitative estimate of drug-likeness (QED) is 0.533. The number of amides is 1. The van der Waals surface area contributed by atoms with Gasteiger partial charge in [-0.25, -0.2) is 0 Å². The molecule has 30 heavy (non-hydrogen) atoms. The van der Waals surface area contributed by atoms with Crippen LogP contribution >= 0.6 is 0 Å². The highest BCUT2D eigenvalue weighted by atomic mass is 16.6. The van der Waals surface area contributed by atoms with Crippen molar-refractivity contribution in [2.45, 2.75) is 88.4 Å². The van der Waals surface area contributed by atoms with Gasteiger partial charge in [-0.1, -0.05) is 6.92 Å². The molecule has 10 atom stereocenters. The van der Waals surface area contributed by atoms with E-state index in [2.05, 4.69) is 12.2 Å². The summed E-state index contributed by atoms with van der Waals surface area (Å²) in [5.74, 6) is -0.181. The molecule has 4 N–H and O–H groups in total. The van der Waals surface area contributed by atoms with Crippen molar-refractivity contribution in [1.82, 2.24) is 5.32 Å². The van der Waals surface area contributed by atoms with Gasteiger partial charge in [-0.2, -0.15) is 0 Å². The number of hydrogen-bond acceptors (Lipinski definition) is 7. The van der Waals surface area contributed by atoms with E-state index in [9.17, 15) is 14.7 Å². The number of aliphatic hydroxyl groups is 1. The average molecular weight is 423 g/mol. The van der Waals surface area contributed by atoms with Crippen molar-refractivity contribution in [1.29, 1.82) is 0 Å². The minimum atomic E-state index is -0.843. The maximum Gasteiger partial charge on any atom is 0.306 e. The van der Waals surface area contributed by atoms with E-state index in [4.69, 9.17) is 19.9 Å². The second-order valence-electron chi connectivity index (χ2n) is 10.4. The molecule has 8 heteroatoms. The zero-order valence-corrected chi connectivity index (χ0v) is 18.1. The smallest absolute Gasteiger partial charge is 0.306 e. The van der Waals surface area contributed by atoms with Crippen molar-refractivity contribution < 1.29 is 28.9 Å². The summed E-state index contributed by atoms with van der Waals surface area (Å²) >= 11 is 0. The Balaban J connectivity index is 1.48. The molecule has 1 amide bonds. The second kappa shape index (κ2) is 6.64. The van der Waals surface area contributed by atoms with E-state index in [1.54, 1.807) is 7.11 Å². The van der Waals surface area contributed by atoms with Gasteiger partial charge in [-0.15, -0.1) is 0 Å². The van der Waals surface area contributed by atoms with Crippen LogP contribution < -0.4 is 11.1 Å². The lowest BCUT2D eigenvalue weighted by Crippen LogP contribution is -2.79. The molecule has 5 fully saturated rings. The third-order valence-corrected chi connectivity index (χ3v) is 9.50. The van der Waals surface area contributed by atoms with Gasteiger partial charge in [0.15, 0.2) is 0 Å². The summed E-state index contributed by atoms with van der Waals surface area (Å²) in [5, 5.41) is 15.6. The first-order valence-electron chi connectivity index (χ1n) is 11.3. The molecular formula is C22H34N2O6. The van der Waals surface area contributed by atoms with E-state index in [1.165, 1.54) is 0 Å². The molecular weight excluding hydrogens is 388 g/mol. The van der Waals surface area contributed by atoms with E-state index in [-0.39, 0.29) is 42.6 Å². The highest BCUT2D eigenvalue weighted by molar-refractivity contribution is 5.80. The Kier molecular flexibility index (Phi) is 4.57. The number of nitrogens with two attached hydrogens (primary N) is 1. The Hall–Kier alpha value is -1.22. The Bertz CT molecular complexity index is 762. The van der Waals surface area contributed by atoms with Crippen molar-refractivity contribution >= 4 is 11.9 Å². The van der Waals surface area contributed by atoms with E-state index in [0.717, 1.165) is 19.4 Å². The zero-order valence-electron chi connectivity index (χ0n) is 18.1. The molecule has 8 unspecified atom stereocenters. The number of carbonyl (C=O) groups excluding carboxylic acids is 2. The predicted octanol–water partition coefficient (Wildman–Crippen LogP) is 0.495. The van der Waals surface area contributed by atoms with Crippen LogP contribution in [0.2, 0.25) is 0 Å². The SMILES string of the molecule is COC(C)C1CC2C(C)C34CN[C@H]3[C@]3(O)CCC(OC(=O)CCC(N)=O)C(O1)C23C4. The van der Waals surface area contributed by atoms with E-state index < -0.39 is 29.0 Å². The molecule has 0 aromatic carbocycles. The van der Waals surface area contributed by atoms with Gasteiger partial charge in [0.05, 0.1) is 24.2 Å². The predicted molar refractivity (Wildman–Crippen MR) is 106 cm³/mol. The molecule has 0 radical (unpaired) electrons. The Labute approximate surface area is 177 Å². The lowest BCUT2D eigenvalue weighted by atomic mass is 9.48. The molecule has 2 spiro atoms. The Morgan fingerprint density at radius 1 is 1.37 bits per heavy atom. The number of esters is 1. The summed E-state index contributed by atoms with van der Waals surface area (Å²) in [6.45, 7) is 5.27. The molecule has 0 aromatic heterocycles. The van der Waals surface area contributed by atoms with E-state index in [1.807, 2.05) is 6.92 Å². The van der Waals surface area contributed by atoms with E-state index in [0.29, 0.717) is 24.7 Å². The first-order chi connectivity index (χ1) is 14.2. The first-order valence-corrected chi connectivity index (χ1v) is 11.3. The molecule has 5 aliphatic rings. The average Bonchev–Trinajstić information content (AvgIpc) is 3.06. The van der Waals surface area contributed by atoms with Crippen LogP contribution in [0.5, 0.6) is 0 Å². The van der Waals surface area contributed by atoms with Gasteiger partial charge in [0.2, 0.25) is 5.91 Å². The molecule has 0 aromatic rings. The van der Waals surface area contributed by atoms with E-state index >= 15 is 0 Å². The van der Waals surface area contributed by atoms with Gasteiger partial charge in [0, 0.05) is 36.9 Å². The number of ether oxygens (including phenoxy) is 3. The van der Waals surface area contributed by atoms with Crippen LogP contribution in [0.15, 0.2) is 0 Å². The third kappa shape index (κ3) is 2.36. The number of nitrogens with one attached hydrogen (secondary N) is 1. The van der Waals surface area contributed by atoms with Gasteiger partial charge in [-0.05, 0) is 44.4 Å². The fourth-order valence-electron chi connectivity index (χ4n) is 8.05. The van der Waals surface area contributed by atoms with Crippen LogP contribution in [0, 0.1) is 22.7 Å². The topological polar surface area (TPSA) is 120 Å². The maximum atomic E-state index is 12.4. The summed E-state index contributed by atoms with van der Waals surface area (Å²) in [7, 11) is 1.69. The summed E-state index contributed by atoms with van der Waals surface area (Å²) in [6, 6.07) is 0.0882. The van der Waals surface area contributed by atoms with Gasteiger partial charge in [0.1, 0.15) is 12.2 Å². The summed E-state index contributed by atoms with van der Waals surface area (Å²) < 4.78 is 18.1. The molecule has 2 heterocycles. The van der Waals surface area contributed by atoms with Crippen LogP contribution in [-0.4, -0.2) is 66.7 Å². The van der Waals surface area contributed by atoms with Crippen molar-refractivity contribution in [2.24, 2.45) is 28.4 Å². The lowest BCUT2D eigenvalue weighted by molar-refractivity contribution is -0.303. The molecule has 2 aliphatic heterocycles. The third-order valence-electron chi connectivity index (χ3n) is 9.50. The Morgan fingerprint density at radius 3 is 2.77 bits per heavy atom. The van der Waals surface area contributed by atoms with Crippen molar-refractivity contribution in [3.63, 3.8) is 0 Å². The largest absolute Gasteiger partial charge is 0.460 e. The summed E-state index contributed by atoms with van der Waals surface area (Å²) in [6.07, 6.45) is 1.87. The minimum Gasteiger partial charge on any atom is -0.460 e. The molecule has 2 saturated heterocycles. The maximum absolute atomic E-state index is 12.4. The van der Waals surface area contributed by atoms with Crippen LogP contribution in [0.3, 0.4) is 0 Å². The number of primary amides is 1. The van der Waals surface area contributed by atoms with Gasteiger partial charge in [0.25, 0.3) is 0 Å². The lowest BCUT2D eigenvalue weighted by Gasteiger charge is -2.66. The molecule has 2 bridgehead atoms. The first kappa shape index (κ1) is 20.7. The van der Waals surface area contributed by atoms with Crippen molar-refractivity contribution in [2.75, 3.05) is 13.7 Å². The number of fused-ring (bicyclic) bond motifs is 1. The number of carbonyl (C=O) groups is 2. The minimum absolute atomic E-state index is 0.0236. The summed E-state index contributed by atoms with van der Waals surface area (Å²) in [4.78, 5) is 23.5. The van der Waals surface area contributed by atoms with Crippen molar-refractivity contribution in [3.05, 3.63) is 0 Å². The Morgan fingerprint density at radius 2 is 2.13 bits per heavy atom. The highest BCUT2D eigenvalue weighted by Gasteiger charge is 2.86. The highest BCUT2D eigenvalue weighted by Crippen LogP contribution is 2.79. The number of rotatable bonds is 6.